The van der Waals surface area contributed by atoms with Gasteiger partial charge in [-0.2, -0.15) is 0 Å². The van der Waals surface area contributed by atoms with E-state index in [1.807, 2.05) is 19.0 Å². The number of rotatable bonds is 7. The summed E-state index contributed by atoms with van der Waals surface area (Å²) in [5.41, 5.74) is 5.59. The minimum absolute atomic E-state index is 0.0147. The van der Waals surface area contributed by atoms with Crippen LogP contribution in [-0.4, -0.2) is 71.7 Å². The minimum atomic E-state index is -1.16. The molecule has 178 valence electrons. The molecular weight excluding hydrogens is 439 g/mol. The molecule has 0 aliphatic carbocycles. The molecule has 2 heterocycles. The number of nitrogens with two attached hydrogens (primary N) is 1. The fraction of sp³-hybridized carbons (Fsp3) is 0.375. The Labute approximate surface area is 197 Å². The van der Waals surface area contributed by atoms with Crippen molar-refractivity contribution in [3.05, 3.63) is 53.2 Å². The lowest BCUT2D eigenvalue weighted by Crippen LogP contribution is -2.47. The van der Waals surface area contributed by atoms with E-state index in [0.29, 0.717) is 12.1 Å². The van der Waals surface area contributed by atoms with Crippen molar-refractivity contribution in [2.75, 3.05) is 34.3 Å². The summed E-state index contributed by atoms with van der Waals surface area (Å²) in [5.74, 6) is 4.99. The lowest BCUT2D eigenvalue weighted by atomic mass is 9.85. The van der Waals surface area contributed by atoms with E-state index in [-0.39, 0.29) is 54.2 Å². The topological polar surface area (TPSA) is 114 Å². The first-order valence-electron chi connectivity index (χ1n) is 10.6. The van der Waals surface area contributed by atoms with Gasteiger partial charge in [-0.05, 0) is 38.7 Å². The molecule has 1 atom stereocenters. The summed E-state index contributed by atoms with van der Waals surface area (Å²) in [7, 11) is 5.36. The predicted octanol–water partition coefficient (Wildman–Crippen LogP) is 1.38. The number of carbonyl (C=O) groups excluding carboxylic acids is 2. The number of halogens is 1. The maximum absolute atomic E-state index is 14.7. The number of hydrogen-bond acceptors (Lipinski definition) is 8. The van der Waals surface area contributed by atoms with Crippen LogP contribution < -0.4 is 10.5 Å². The largest absolute Gasteiger partial charge is 0.463 e. The second-order valence-electron chi connectivity index (χ2n) is 8.41. The lowest BCUT2D eigenvalue weighted by Gasteiger charge is -2.34. The Morgan fingerprint density at radius 1 is 1.29 bits per heavy atom. The monoisotopic (exact) mass is 466 g/mol. The standard InChI is InChI=1S/C24H27FN6O3/c1-24(13-22(33)31(4)23(26)29-24)17-11-16(7-8-18(17)25)12-20(32)19-14-28-21(15-27-19)34-10-6-5-9-30(2)3/h7-8,11,14-15H,9-10,12-13H2,1-4H3,(H2,26,29). The summed E-state index contributed by atoms with van der Waals surface area (Å²) in [6.07, 6.45) is 2.63. The van der Waals surface area contributed by atoms with Crippen LogP contribution in [0.1, 0.15) is 35.0 Å². The molecule has 1 unspecified atom stereocenters. The maximum Gasteiger partial charge on any atom is 0.233 e. The number of aliphatic imine (C=N–C) groups is 1. The molecule has 10 heteroatoms. The van der Waals surface area contributed by atoms with Crippen molar-refractivity contribution < 1.29 is 18.7 Å². The van der Waals surface area contributed by atoms with Crippen molar-refractivity contribution in [2.45, 2.75) is 25.3 Å². The van der Waals surface area contributed by atoms with Crippen LogP contribution in [0.3, 0.4) is 0 Å². The van der Waals surface area contributed by atoms with Crippen LogP contribution in [0.4, 0.5) is 4.39 Å². The molecule has 34 heavy (non-hydrogen) atoms. The van der Waals surface area contributed by atoms with Crippen LogP contribution in [0.2, 0.25) is 0 Å². The average molecular weight is 467 g/mol. The smallest absolute Gasteiger partial charge is 0.233 e. The van der Waals surface area contributed by atoms with Crippen molar-refractivity contribution in [1.29, 1.82) is 0 Å². The Morgan fingerprint density at radius 3 is 2.71 bits per heavy atom. The van der Waals surface area contributed by atoms with E-state index in [1.165, 1.54) is 36.5 Å². The van der Waals surface area contributed by atoms with Crippen LogP contribution in [0.15, 0.2) is 35.6 Å². The SMILES string of the molecule is CN(C)CC#CCOc1cnc(C(=O)Cc2ccc(F)c(C3(C)CC(=O)N(C)C(N)=N3)c2)cn1. The van der Waals surface area contributed by atoms with Gasteiger partial charge in [0.05, 0.1) is 30.9 Å². The molecule has 2 aromatic rings. The Kier molecular flexibility index (Phi) is 7.58. The molecule has 0 fully saturated rings. The van der Waals surface area contributed by atoms with Gasteiger partial charge in [0.15, 0.2) is 18.3 Å². The summed E-state index contributed by atoms with van der Waals surface area (Å²) >= 11 is 0. The maximum atomic E-state index is 14.7. The predicted molar refractivity (Wildman–Crippen MR) is 125 cm³/mol. The third-order valence-corrected chi connectivity index (χ3v) is 5.28. The highest BCUT2D eigenvalue weighted by Crippen LogP contribution is 2.35. The van der Waals surface area contributed by atoms with Crippen molar-refractivity contribution in [3.8, 4) is 17.7 Å². The van der Waals surface area contributed by atoms with Gasteiger partial charge in [-0.1, -0.05) is 17.9 Å². The molecule has 0 saturated heterocycles. The quantitative estimate of drug-likeness (QED) is 0.484. The van der Waals surface area contributed by atoms with Gasteiger partial charge in [0, 0.05) is 19.0 Å². The normalized spacial score (nSPS) is 17.8. The summed E-state index contributed by atoms with van der Waals surface area (Å²) in [6.45, 7) is 2.43. The molecule has 0 spiro atoms. The molecule has 3 rings (SSSR count). The number of ether oxygens (including phenoxy) is 1. The molecule has 0 radical (unpaired) electrons. The second-order valence-corrected chi connectivity index (χ2v) is 8.41. The third-order valence-electron chi connectivity index (χ3n) is 5.28. The van der Waals surface area contributed by atoms with Gasteiger partial charge in [-0.3, -0.25) is 19.4 Å². The van der Waals surface area contributed by atoms with E-state index in [2.05, 4.69) is 26.8 Å². The molecule has 0 saturated carbocycles. The Morgan fingerprint density at radius 2 is 2.06 bits per heavy atom. The van der Waals surface area contributed by atoms with Crippen LogP contribution in [-0.2, 0) is 16.8 Å². The van der Waals surface area contributed by atoms with Crippen molar-refractivity contribution in [2.24, 2.45) is 10.7 Å². The van der Waals surface area contributed by atoms with Gasteiger partial charge in [-0.15, -0.1) is 0 Å². The number of nitrogens with zero attached hydrogens (tertiary/aromatic N) is 5. The molecule has 1 aromatic heterocycles. The van der Waals surface area contributed by atoms with Gasteiger partial charge >= 0.3 is 0 Å². The number of carbonyl (C=O) groups is 2. The van der Waals surface area contributed by atoms with E-state index < -0.39 is 11.4 Å². The lowest BCUT2D eigenvalue weighted by molar-refractivity contribution is -0.128. The van der Waals surface area contributed by atoms with Crippen molar-refractivity contribution in [3.63, 3.8) is 0 Å². The summed E-state index contributed by atoms with van der Waals surface area (Å²) < 4.78 is 20.1. The van der Waals surface area contributed by atoms with Gasteiger partial charge < -0.3 is 10.5 Å². The third kappa shape index (κ3) is 5.94. The molecule has 2 N–H and O–H groups in total. The van der Waals surface area contributed by atoms with E-state index >= 15 is 0 Å². The van der Waals surface area contributed by atoms with Crippen LogP contribution >= 0.6 is 0 Å². The summed E-state index contributed by atoms with van der Waals surface area (Å²) in [6, 6.07) is 4.32. The van der Waals surface area contributed by atoms with Gasteiger partial charge in [0.25, 0.3) is 0 Å². The van der Waals surface area contributed by atoms with E-state index in [4.69, 9.17) is 10.5 Å². The Balaban J connectivity index is 1.70. The zero-order valence-corrected chi connectivity index (χ0v) is 19.6. The first-order chi connectivity index (χ1) is 16.1. The van der Waals surface area contributed by atoms with Crippen LogP contribution in [0, 0.1) is 17.7 Å². The van der Waals surface area contributed by atoms with E-state index in [9.17, 15) is 14.0 Å². The summed E-state index contributed by atoms with van der Waals surface area (Å²) in [4.78, 5) is 40.7. The Bertz CT molecular complexity index is 1170. The number of benzene rings is 1. The highest BCUT2D eigenvalue weighted by atomic mass is 19.1. The average Bonchev–Trinajstić information content (AvgIpc) is 2.78. The zero-order valence-electron chi connectivity index (χ0n) is 19.6. The Hall–Kier alpha value is -3.84. The summed E-state index contributed by atoms with van der Waals surface area (Å²) in [5, 5.41) is 0. The number of Topliss-reactive ketones (excluding diaryl/α,β-unsaturated/α-hetero) is 1. The fourth-order valence-electron chi connectivity index (χ4n) is 3.34. The number of aromatic nitrogens is 2. The highest BCUT2D eigenvalue weighted by Gasteiger charge is 2.38. The first-order valence-corrected chi connectivity index (χ1v) is 10.6. The molecule has 1 amide bonds. The van der Waals surface area contributed by atoms with E-state index in [0.717, 1.165) is 0 Å². The van der Waals surface area contributed by atoms with Gasteiger partial charge in [0.2, 0.25) is 11.8 Å². The number of amides is 1. The fourth-order valence-corrected chi connectivity index (χ4v) is 3.34. The van der Waals surface area contributed by atoms with Crippen molar-refractivity contribution >= 4 is 17.6 Å². The molecule has 0 bridgehead atoms. The second kappa shape index (κ2) is 10.4. The number of guanidine groups is 1. The first kappa shape index (κ1) is 24.8. The zero-order chi connectivity index (χ0) is 24.9. The molecular formula is C24H27FN6O3. The number of ketones is 1. The van der Waals surface area contributed by atoms with Gasteiger partial charge in [0.1, 0.15) is 11.5 Å². The minimum Gasteiger partial charge on any atom is -0.463 e. The van der Waals surface area contributed by atoms with Crippen LogP contribution in [0.5, 0.6) is 5.88 Å². The van der Waals surface area contributed by atoms with E-state index in [1.54, 1.807) is 13.0 Å². The molecule has 1 aromatic carbocycles. The number of hydrogen-bond donors (Lipinski definition) is 1. The van der Waals surface area contributed by atoms with Gasteiger partial charge in [-0.25, -0.2) is 19.4 Å². The molecule has 1 aliphatic heterocycles. The van der Waals surface area contributed by atoms with Crippen molar-refractivity contribution in [1.82, 2.24) is 19.8 Å². The molecule has 1 aliphatic rings. The highest BCUT2D eigenvalue weighted by molar-refractivity contribution is 5.99. The van der Waals surface area contributed by atoms with Crippen LogP contribution in [0.25, 0.3) is 0 Å². The molecule has 9 nitrogen and oxygen atoms in total.